The fraction of sp³-hybridized carbons (Fsp3) is 0.611. The fourth-order valence-electron chi connectivity index (χ4n) is 4.72. The summed E-state index contributed by atoms with van der Waals surface area (Å²) in [6.07, 6.45) is 11.8. The first-order valence-electron chi connectivity index (χ1n) is 16.4. The second-order valence-electron chi connectivity index (χ2n) is 10.0. The summed E-state index contributed by atoms with van der Waals surface area (Å²) in [5.41, 5.74) is 2.31. The molecule has 2 amide bonds. The average Bonchev–Trinajstić information content (AvgIpc) is 3.01. The number of nitrogens with zero attached hydrogens (tertiary/aromatic N) is 1. The molecule has 3 rings (SSSR count). The van der Waals surface area contributed by atoms with E-state index in [4.69, 9.17) is 0 Å². The van der Waals surface area contributed by atoms with Crippen LogP contribution in [-0.2, 0) is 16.0 Å². The molecule has 0 heterocycles. The van der Waals surface area contributed by atoms with Gasteiger partial charge >= 0.3 is 0 Å². The fourth-order valence-corrected chi connectivity index (χ4v) is 4.72. The van der Waals surface area contributed by atoms with Crippen molar-refractivity contribution in [3.05, 3.63) is 65.5 Å². The number of carbonyl (C=O) groups excluding carboxylic acids is 2. The topological polar surface area (TPSA) is 49.4 Å². The Hall–Kier alpha value is -2.69. The zero-order valence-corrected chi connectivity index (χ0v) is 27.4. The van der Waals surface area contributed by atoms with E-state index in [1.807, 2.05) is 58.9 Å². The molecule has 1 atom stereocenters. The summed E-state index contributed by atoms with van der Waals surface area (Å²) >= 11 is 0. The van der Waals surface area contributed by atoms with E-state index in [-0.39, 0.29) is 19.3 Å². The summed E-state index contributed by atoms with van der Waals surface area (Å²) in [6, 6.07) is 13.2. The lowest BCUT2D eigenvalue weighted by Gasteiger charge is -2.34. The summed E-state index contributed by atoms with van der Waals surface area (Å²) < 4.78 is 14.2. The predicted octanol–water partition coefficient (Wildman–Crippen LogP) is 10.6. The molecule has 2 aromatic carbocycles. The van der Waals surface area contributed by atoms with Crippen LogP contribution in [-0.4, -0.2) is 17.9 Å². The van der Waals surface area contributed by atoms with Gasteiger partial charge in [0.25, 0.3) is 0 Å². The molecule has 0 saturated heterocycles. The molecule has 4 nitrogen and oxygen atoms in total. The molecule has 1 fully saturated rings. The number of rotatable bonds is 11. The van der Waals surface area contributed by atoms with Crippen molar-refractivity contribution < 1.29 is 15.4 Å². The molecule has 1 N–H and O–H groups in total. The molecule has 2 aromatic rings. The molecule has 0 radical (unpaired) electrons. The Bertz CT molecular complexity index is 961. The van der Waals surface area contributed by atoms with Gasteiger partial charge in [-0.05, 0) is 61.4 Å². The van der Waals surface area contributed by atoms with Crippen molar-refractivity contribution in [1.29, 1.82) is 0 Å². The molecule has 1 saturated carbocycles. The lowest BCUT2D eigenvalue weighted by atomic mass is 9.92. The van der Waals surface area contributed by atoms with Crippen LogP contribution in [0.15, 0.2) is 48.5 Å². The van der Waals surface area contributed by atoms with Gasteiger partial charge in [-0.25, -0.2) is 4.39 Å². The first-order chi connectivity index (χ1) is 20.0. The molecule has 41 heavy (non-hydrogen) atoms. The standard InChI is InChI=1S/C28H37FN2O2.C4H10.2C2H6.H2/c1-3-5-13-21-14-9-10-19-25(21)27(28(33)30-23-16-7-6-8-17-23)31(26(32)12-4-2)24-18-11-15-22(29)20-24;1-3-4-2;2*1-2;/h9-11,14-15,18-20,23,27H,3-8,12-13,16-17H2,1-2H3,(H,30,33);3-4H2,1-2H3;2*1-2H3;1H. The van der Waals surface area contributed by atoms with Crippen molar-refractivity contribution >= 4 is 17.5 Å². The van der Waals surface area contributed by atoms with Crippen LogP contribution in [0.5, 0.6) is 0 Å². The number of anilines is 1. The number of carbonyl (C=O) groups is 2. The number of amides is 2. The van der Waals surface area contributed by atoms with Gasteiger partial charge in [0.2, 0.25) is 11.8 Å². The third-order valence-corrected chi connectivity index (χ3v) is 6.93. The third kappa shape index (κ3) is 13.7. The minimum absolute atomic E-state index is 0. The smallest absolute Gasteiger partial charge is 0.248 e. The van der Waals surface area contributed by atoms with Crippen molar-refractivity contribution in [2.24, 2.45) is 0 Å². The third-order valence-electron chi connectivity index (χ3n) is 6.93. The van der Waals surface area contributed by atoms with Gasteiger partial charge in [-0.1, -0.05) is 124 Å². The molecular weight excluding hydrogens is 511 g/mol. The maximum atomic E-state index is 14.2. The number of nitrogens with one attached hydrogen (secondary N) is 1. The largest absolute Gasteiger partial charge is 0.351 e. The van der Waals surface area contributed by atoms with Crippen molar-refractivity contribution in [3.8, 4) is 0 Å². The summed E-state index contributed by atoms with van der Waals surface area (Å²) in [5.74, 6) is -0.774. The van der Waals surface area contributed by atoms with E-state index in [0.717, 1.165) is 56.1 Å². The van der Waals surface area contributed by atoms with Gasteiger partial charge in [0.15, 0.2) is 0 Å². The number of aryl methyl sites for hydroxylation is 1. The van der Waals surface area contributed by atoms with E-state index in [0.29, 0.717) is 18.5 Å². The number of benzene rings is 2. The van der Waals surface area contributed by atoms with Crippen LogP contribution in [0.4, 0.5) is 10.1 Å². The Morgan fingerprint density at radius 2 is 1.51 bits per heavy atom. The highest BCUT2D eigenvalue weighted by molar-refractivity contribution is 6.01. The number of unbranched alkanes of at least 4 members (excludes halogenated alkanes) is 2. The molecule has 1 unspecified atom stereocenters. The van der Waals surface area contributed by atoms with Gasteiger partial charge in [0.05, 0.1) is 0 Å². The summed E-state index contributed by atoms with van der Waals surface area (Å²) in [5, 5.41) is 3.24. The van der Waals surface area contributed by atoms with Gasteiger partial charge in [0, 0.05) is 19.6 Å². The summed E-state index contributed by atoms with van der Waals surface area (Å²) in [4.78, 5) is 28.8. The Morgan fingerprint density at radius 1 is 0.878 bits per heavy atom. The van der Waals surface area contributed by atoms with E-state index in [1.54, 1.807) is 12.1 Å². The zero-order chi connectivity index (χ0) is 31.0. The minimum atomic E-state index is -0.833. The second-order valence-corrected chi connectivity index (χ2v) is 10.0. The van der Waals surface area contributed by atoms with Gasteiger partial charge in [0.1, 0.15) is 11.9 Å². The van der Waals surface area contributed by atoms with E-state index in [9.17, 15) is 14.0 Å². The van der Waals surface area contributed by atoms with Crippen LogP contribution >= 0.6 is 0 Å². The van der Waals surface area contributed by atoms with Gasteiger partial charge in [-0.3, -0.25) is 14.5 Å². The molecule has 0 bridgehead atoms. The van der Waals surface area contributed by atoms with E-state index >= 15 is 0 Å². The van der Waals surface area contributed by atoms with Gasteiger partial charge in [-0.2, -0.15) is 0 Å². The summed E-state index contributed by atoms with van der Waals surface area (Å²) in [7, 11) is 0. The van der Waals surface area contributed by atoms with Crippen molar-refractivity contribution in [1.82, 2.24) is 5.32 Å². The molecule has 1 aliphatic carbocycles. The number of halogens is 1. The highest BCUT2D eigenvalue weighted by atomic mass is 19.1. The van der Waals surface area contributed by atoms with Crippen LogP contribution < -0.4 is 10.2 Å². The maximum absolute atomic E-state index is 14.2. The minimum Gasteiger partial charge on any atom is -0.351 e. The van der Waals surface area contributed by atoms with E-state index in [2.05, 4.69) is 26.1 Å². The lowest BCUT2D eigenvalue weighted by Crippen LogP contribution is -2.47. The van der Waals surface area contributed by atoms with Crippen molar-refractivity contribution in [2.45, 2.75) is 145 Å². The Morgan fingerprint density at radius 3 is 2.07 bits per heavy atom. The highest BCUT2D eigenvalue weighted by Crippen LogP contribution is 2.32. The molecule has 1 aliphatic rings. The van der Waals surface area contributed by atoms with Crippen molar-refractivity contribution in [3.63, 3.8) is 0 Å². The SMILES string of the molecule is CC.CC.CCCC.CCCCc1ccccc1C(C(=O)NC1CCCCC1)N(C(=O)CCC)c1cccc(F)c1.[HH]. The summed E-state index contributed by atoms with van der Waals surface area (Å²) in [6.45, 7) is 16.4. The molecule has 0 spiro atoms. The molecule has 5 heteroatoms. The molecular formula is C36H61FN2O2. The van der Waals surface area contributed by atoms with E-state index in [1.165, 1.54) is 36.3 Å². The maximum Gasteiger partial charge on any atom is 0.248 e. The first kappa shape index (κ1) is 38.3. The van der Waals surface area contributed by atoms with Crippen molar-refractivity contribution in [2.75, 3.05) is 4.90 Å². The first-order valence-corrected chi connectivity index (χ1v) is 16.4. The lowest BCUT2D eigenvalue weighted by molar-refractivity contribution is -0.127. The van der Waals surface area contributed by atoms with E-state index < -0.39 is 11.9 Å². The highest BCUT2D eigenvalue weighted by Gasteiger charge is 2.35. The Balaban J connectivity index is 0. The molecule has 0 aliphatic heterocycles. The average molecular weight is 573 g/mol. The molecule has 0 aromatic heterocycles. The van der Waals surface area contributed by atoms with Crippen LogP contribution in [0.2, 0.25) is 0 Å². The number of hydrogen-bond donors (Lipinski definition) is 1. The zero-order valence-electron chi connectivity index (χ0n) is 27.4. The van der Waals surface area contributed by atoms with Crippen LogP contribution in [0.1, 0.15) is 145 Å². The van der Waals surface area contributed by atoms with Crippen LogP contribution in [0.25, 0.3) is 0 Å². The quantitative estimate of drug-likeness (QED) is 0.291. The number of hydrogen-bond acceptors (Lipinski definition) is 2. The Labute approximate surface area is 253 Å². The molecule has 234 valence electrons. The monoisotopic (exact) mass is 572 g/mol. The van der Waals surface area contributed by atoms with Gasteiger partial charge < -0.3 is 5.32 Å². The second kappa shape index (κ2) is 24.0. The normalized spacial score (nSPS) is 13.2. The van der Waals surface area contributed by atoms with Gasteiger partial charge in [-0.15, -0.1) is 0 Å². The van der Waals surface area contributed by atoms with Crippen LogP contribution in [0.3, 0.4) is 0 Å². The Kier molecular flexibility index (Phi) is 22.4. The van der Waals surface area contributed by atoms with Crippen LogP contribution in [0, 0.1) is 5.82 Å². The predicted molar refractivity (Wildman–Crippen MR) is 177 cm³/mol.